The van der Waals surface area contributed by atoms with Gasteiger partial charge in [-0.15, -0.1) is 11.3 Å². The van der Waals surface area contributed by atoms with Crippen LogP contribution in [0.4, 0.5) is 0 Å². The van der Waals surface area contributed by atoms with Crippen LogP contribution in [0.25, 0.3) is 10.2 Å². The third-order valence-corrected chi connectivity index (χ3v) is 3.76. The van der Waals surface area contributed by atoms with E-state index in [1.54, 1.807) is 11.3 Å². The molecule has 3 rings (SSSR count). The van der Waals surface area contributed by atoms with Crippen LogP contribution in [-0.2, 0) is 9.47 Å². The highest BCUT2D eigenvalue weighted by atomic mass is 79.9. The van der Waals surface area contributed by atoms with Crippen molar-refractivity contribution in [2.75, 3.05) is 0 Å². The van der Waals surface area contributed by atoms with E-state index in [9.17, 15) is 0 Å². The number of thiazole rings is 1. The lowest BCUT2D eigenvalue weighted by molar-refractivity contribution is -0.382. The topological polar surface area (TPSA) is 31.4 Å². The number of rotatable bonds is 1. The molecule has 0 saturated carbocycles. The molecule has 0 amide bonds. The maximum Gasteiger partial charge on any atom is 0.189 e. The van der Waals surface area contributed by atoms with Crippen molar-refractivity contribution in [1.82, 2.24) is 4.98 Å². The zero-order valence-electron chi connectivity index (χ0n) is 7.94. The third-order valence-electron chi connectivity index (χ3n) is 2.29. The molecule has 0 radical (unpaired) electrons. The first-order valence-corrected chi connectivity index (χ1v) is 6.20. The molecule has 1 aliphatic heterocycles. The van der Waals surface area contributed by atoms with E-state index in [4.69, 9.17) is 9.47 Å². The Labute approximate surface area is 99.2 Å². The van der Waals surface area contributed by atoms with Gasteiger partial charge in [0.15, 0.2) is 16.5 Å². The summed E-state index contributed by atoms with van der Waals surface area (Å²) in [7, 11) is 0. The van der Waals surface area contributed by atoms with Gasteiger partial charge in [0.25, 0.3) is 0 Å². The van der Waals surface area contributed by atoms with Crippen molar-refractivity contribution in [2.45, 2.75) is 19.5 Å². The van der Waals surface area contributed by atoms with Crippen molar-refractivity contribution in [3.8, 4) is 0 Å². The molecule has 0 bridgehead atoms. The van der Waals surface area contributed by atoms with Gasteiger partial charge < -0.3 is 9.47 Å². The first-order valence-electron chi connectivity index (χ1n) is 4.59. The van der Waals surface area contributed by atoms with Crippen LogP contribution in [0.3, 0.4) is 0 Å². The Morgan fingerprint density at radius 3 is 2.93 bits per heavy atom. The average Bonchev–Trinajstić information content (AvgIpc) is 2.52. The van der Waals surface area contributed by atoms with Crippen molar-refractivity contribution in [2.24, 2.45) is 0 Å². The molecule has 1 fully saturated rings. The molecule has 2 aromatic rings. The molecular formula is C10H8BrNO2S. The van der Waals surface area contributed by atoms with Gasteiger partial charge in [0.05, 0.1) is 10.2 Å². The largest absolute Gasteiger partial charge is 0.320 e. The second-order valence-electron chi connectivity index (χ2n) is 3.37. The van der Waals surface area contributed by atoms with Crippen LogP contribution >= 0.6 is 27.3 Å². The smallest absolute Gasteiger partial charge is 0.189 e. The normalized spacial score (nSPS) is 25.5. The van der Waals surface area contributed by atoms with E-state index in [2.05, 4.69) is 27.0 Å². The molecule has 0 aliphatic carbocycles. The fraction of sp³-hybridized carbons (Fsp3) is 0.300. The summed E-state index contributed by atoms with van der Waals surface area (Å²) in [5, 5.41) is 0. The van der Waals surface area contributed by atoms with E-state index in [1.807, 2.05) is 19.1 Å². The van der Waals surface area contributed by atoms with Crippen LogP contribution < -0.4 is 0 Å². The second-order valence-corrected chi connectivity index (χ2v) is 5.67. The molecule has 15 heavy (non-hydrogen) atoms. The SMILES string of the molecule is CC1OC(c2ccc3nc(Br)sc3c2)O1. The summed E-state index contributed by atoms with van der Waals surface area (Å²) < 4.78 is 12.9. The van der Waals surface area contributed by atoms with Crippen LogP contribution in [0.15, 0.2) is 22.1 Å². The summed E-state index contributed by atoms with van der Waals surface area (Å²) in [4.78, 5) is 4.33. The number of benzene rings is 1. The molecule has 0 spiro atoms. The Morgan fingerprint density at radius 2 is 2.20 bits per heavy atom. The predicted molar refractivity (Wildman–Crippen MR) is 61.7 cm³/mol. The lowest BCUT2D eigenvalue weighted by atomic mass is 10.2. The van der Waals surface area contributed by atoms with Crippen molar-refractivity contribution in [3.05, 3.63) is 27.7 Å². The zero-order chi connectivity index (χ0) is 10.4. The van der Waals surface area contributed by atoms with Gasteiger partial charge in [0.1, 0.15) is 0 Å². The van der Waals surface area contributed by atoms with Gasteiger partial charge >= 0.3 is 0 Å². The summed E-state index contributed by atoms with van der Waals surface area (Å²) in [6, 6.07) is 6.04. The third kappa shape index (κ3) is 1.69. The summed E-state index contributed by atoms with van der Waals surface area (Å²) in [6.07, 6.45) is -0.288. The van der Waals surface area contributed by atoms with E-state index in [-0.39, 0.29) is 12.6 Å². The quantitative estimate of drug-likeness (QED) is 0.804. The van der Waals surface area contributed by atoms with Gasteiger partial charge in [-0.2, -0.15) is 0 Å². The molecule has 1 aromatic heterocycles. The number of hydrogen-bond donors (Lipinski definition) is 0. The minimum absolute atomic E-state index is 0.0844. The molecule has 2 heterocycles. The van der Waals surface area contributed by atoms with Gasteiger partial charge in [-0.3, -0.25) is 0 Å². The molecule has 0 atom stereocenters. The number of hydrogen-bond acceptors (Lipinski definition) is 4. The molecule has 0 N–H and O–H groups in total. The van der Waals surface area contributed by atoms with Crippen LogP contribution in [0, 0.1) is 0 Å². The van der Waals surface area contributed by atoms with Gasteiger partial charge in [0.2, 0.25) is 0 Å². The predicted octanol–water partition coefficient (Wildman–Crippen LogP) is 3.45. The summed E-state index contributed by atoms with van der Waals surface area (Å²) >= 11 is 4.99. The van der Waals surface area contributed by atoms with E-state index < -0.39 is 0 Å². The Balaban J connectivity index is 1.99. The molecule has 78 valence electrons. The van der Waals surface area contributed by atoms with E-state index in [0.29, 0.717) is 0 Å². The van der Waals surface area contributed by atoms with E-state index >= 15 is 0 Å². The molecule has 0 unspecified atom stereocenters. The van der Waals surface area contributed by atoms with E-state index in [0.717, 1.165) is 19.7 Å². The Kier molecular flexibility index (Phi) is 2.28. The van der Waals surface area contributed by atoms with Gasteiger partial charge in [-0.25, -0.2) is 4.98 Å². The molecule has 1 saturated heterocycles. The number of nitrogens with zero attached hydrogens (tertiary/aromatic N) is 1. The number of ether oxygens (including phenoxy) is 2. The molecular weight excluding hydrogens is 278 g/mol. The minimum Gasteiger partial charge on any atom is -0.320 e. The van der Waals surface area contributed by atoms with Crippen molar-refractivity contribution < 1.29 is 9.47 Å². The second kappa shape index (κ2) is 3.52. The van der Waals surface area contributed by atoms with Gasteiger partial charge in [-0.1, -0.05) is 6.07 Å². The minimum atomic E-state index is -0.203. The fourth-order valence-corrected chi connectivity index (χ4v) is 3.03. The lowest BCUT2D eigenvalue weighted by Crippen LogP contribution is -2.31. The van der Waals surface area contributed by atoms with Gasteiger partial charge in [-0.05, 0) is 35.0 Å². The zero-order valence-corrected chi connectivity index (χ0v) is 10.3. The van der Waals surface area contributed by atoms with Crippen molar-refractivity contribution >= 4 is 37.5 Å². The average molecular weight is 286 g/mol. The summed E-state index contributed by atoms with van der Waals surface area (Å²) in [6.45, 7) is 1.89. The highest BCUT2D eigenvalue weighted by molar-refractivity contribution is 9.11. The van der Waals surface area contributed by atoms with E-state index in [1.165, 1.54) is 0 Å². The van der Waals surface area contributed by atoms with Crippen LogP contribution in [-0.4, -0.2) is 11.3 Å². The Morgan fingerprint density at radius 1 is 1.40 bits per heavy atom. The number of fused-ring (bicyclic) bond motifs is 1. The molecule has 1 aromatic carbocycles. The summed E-state index contributed by atoms with van der Waals surface area (Å²) in [5.41, 5.74) is 2.06. The van der Waals surface area contributed by atoms with Crippen LogP contribution in [0.5, 0.6) is 0 Å². The van der Waals surface area contributed by atoms with Crippen molar-refractivity contribution in [3.63, 3.8) is 0 Å². The lowest BCUT2D eigenvalue weighted by Gasteiger charge is -2.33. The maximum atomic E-state index is 5.43. The van der Waals surface area contributed by atoms with Crippen LogP contribution in [0.2, 0.25) is 0 Å². The number of halogens is 1. The van der Waals surface area contributed by atoms with Crippen molar-refractivity contribution in [1.29, 1.82) is 0 Å². The first kappa shape index (κ1) is 9.72. The van der Waals surface area contributed by atoms with Gasteiger partial charge in [0, 0.05) is 5.56 Å². The fourth-order valence-electron chi connectivity index (χ4n) is 1.58. The highest BCUT2D eigenvalue weighted by Gasteiger charge is 2.28. The Bertz CT molecular complexity index is 507. The summed E-state index contributed by atoms with van der Waals surface area (Å²) in [5.74, 6) is 0. The monoisotopic (exact) mass is 285 g/mol. The Hall–Kier alpha value is -0.490. The maximum absolute atomic E-state index is 5.43. The highest BCUT2D eigenvalue weighted by Crippen LogP contribution is 2.34. The van der Waals surface area contributed by atoms with Crippen LogP contribution in [0.1, 0.15) is 18.8 Å². The standard InChI is InChI=1S/C10H8BrNO2S/c1-5-13-9(14-5)6-2-3-7-8(4-6)15-10(11)12-7/h2-5,9H,1H3. The first-order chi connectivity index (χ1) is 7.22. The molecule has 3 nitrogen and oxygen atoms in total. The molecule has 1 aliphatic rings. The number of aromatic nitrogens is 1. The molecule has 5 heteroatoms.